The average molecular weight is 366 g/mol. The Labute approximate surface area is 151 Å². The molecule has 5 nitrogen and oxygen atoms in total. The van der Waals surface area contributed by atoms with Gasteiger partial charge in [-0.3, -0.25) is 4.79 Å². The molecule has 0 aliphatic rings. The van der Waals surface area contributed by atoms with Crippen LogP contribution in [0.15, 0.2) is 30.5 Å². The molecule has 0 bridgehead atoms. The summed E-state index contributed by atoms with van der Waals surface area (Å²) in [4.78, 5) is 16.5. The number of carbonyl (C=O) groups excluding carboxylic acids is 1. The van der Waals surface area contributed by atoms with Crippen LogP contribution in [0.4, 0.5) is 10.2 Å². The van der Waals surface area contributed by atoms with Crippen LogP contribution in [0.2, 0.25) is 5.02 Å². The van der Waals surface area contributed by atoms with Crippen molar-refractivity contribution in [1.82, 2.24) is 10.3 Å². The fraction of sp³-hybridized carbons (Fsp3) is 0.333. The van der Waals surface area contributed by atoms with E-state index in [-0.39, 0.29) is 40.7 Å². The zero-order chi connectivity index (χ0) is 18.6. The second-order valence-corrected chi connectivity index (χ2v) is 6.24. The van der Waals surface area contributed by atoms with Crippen molar-refractivity contribution in [1.29, 1.82) is 0 Å². The van der Waals surface area contributed by atoms with Gasteiger partial charge in [0.25, 0.3) is 0 Å². The van der Waals surface area contributed by atoms with Gasteiger partial charge >= 0.3 is 0 Å². The number of aliphatic hydroxyl groups excluding tert-OH is 1. The number of nitrogens with zero attached hydrogens (tertiary/aromatic N) is 1. The summed E-state index contributed by atoms with van der Waals surface area (Å²) in [5.74, 6) is -0.953. The molecule has 0 aliphatic carbocycles. The number of halogens is 2. The zero-order valence-electron chi connectivity index (χ0n) is 14.1. The van der Waals surface area contributed by atoms with E-state index in [9.17, 15) is 9.90 Å². The first-order valence-corrected chi connectivity index (χ1v) is 8.37. The Hall–Kier alpha value is -2.02. The number of hydrogen-bond acceptors (Lipinski definition) is 5. The Balaban J connectivity index is 2.45. The summed E-state index contributed by atoms with van der Waals surface area (Å²) in [6.45, 7) is 3.61. The van der Waals surface area contributed by atoms with Crippen LogP contribution in [0, 0.1) is 5.82 Å². The first-order valence-electron chi connectivity index (χ1n) is 8.00. The van der Waals surface area contributed by atoms with Crippen LogP contribution in [0.1, 0.15) is 47.8 Å². The van der Waals surface area contributed by atoms with Gasteiger partial charge in [0.15, 0.2) is 5.78 Å². The van der Waals surface area contributed by atoms with E-state index in [1.54, 1.807) is 13.0 Å². The van der Waals surface area contributed by atoms with E-state index < -0.39 is 11.6 Å². The van der Waals surface area contributed by atoms with E-state index in [2.05, 4.69) is 10.3 Å². The Bertz CT molecular complexity index is 753. The van der Waals surface area contributed by atoms with Crippen LogP contribution in [0.3, 0.4) is 0 Å². The number of carbonyl (C=O) groups is 1. The quantitative estimate of drug-likeness (QED) is 0.656. The number of aliphatic hydroxyl groups is 1. The fourth-order valence-corrected chi connectivity index (χ4v) is 2.79. The summed E-state index contributed by atoms with van der Waals surface area (Å²) in [6.07, 6.45) is 1.88. The molecule has 0 amide bonds. The number of hydrogen-bond donors (Lipinski definition) is 3. The van der Waals surface area contributed by atoms with Crippen LogP contribution in [0.25, 0.3) is 0 Å². The molecule has 7 heteroatoms. The largest absolute Gasteiger partial charge is 0.395 e. The van der Waals surface area contributed by atoms with Crippen molar-refractivity contribution in [2.75, 3.05) is 12.3 Å². The van der Waals surface area contributed by atoms with Gasteiger partial charge in [0.05, 0.1) is 17.2 Å². The second kappa shape index (κ2) is 8.38. The Morgan fingerprint density at radius 1 is 1.40 bits per heavy atom. The van der Waals surface area contributed by atoms with Crippen molar-refractivity contribution in [2.24, 2.45) is 0 Å². The predicted molar refractivity (Wildman–Crippen MR) is 96.2 cm³/mol. The van der Waals surface area contributed by atoms with Gasteiger partial charge in [-0.15, -0.1) is 0 Å². The minimum atomic E-state index is -0.668. The maximum Gasteiger partial charge on any atom is 0.199 e. The van der Waals surface area contributed by atoms with Crippen molar-refractivity contribution in [3.8, 4) is 0 Å². The van der Waals surface area contributed by atoms with E-state index in [1.807, 2.05) is 6.92 Å². The van der Waals surface area contributed by atoms with Gasteiger partial charge in [-0.25, -0.2) is 9.37 Å². The third-order valence-corrected chi connectivity index (χ3v) is 4.25. The van der Waals surface area contributed by atoms with E-state index >= 15 is 4.39 Å². The van der Waals surface area contributed by atoms with Gasteiger partial charge in [-0.05, 0) is 31.5 Å². The maximum absolute atomic E-state index is 15.1. The highest BCUT2D eigenvalue weighted by atomic mass is 35.5. The maximum atomic E-state index is 15.1. The summed E-state index contributed by atoms with van der Waals surface area (Å²) in [6, 6.07) is 5.46. The zero-order valence-corrected chi connectivity index (χ0v) is 14.8. The molecule has 0 radical (unpaired) electrons. The van der Waals surface area contributed by atoms with Crippen molar-refractivity contribution in [3.63, 3.8) is 0 Å². The summed E-state index contributed by atoms with van der Waals surface area (Å²) in [5.41, 5.74) is 5.86. The molecule has 134 valence electrons. The molecule has 2 atom stereocenters. The van der Waals surface area contributed by atoms with E-state index in [4.69, 9.17) is 17.3 Å². The number of anilines is 1. The van der Waals surface area contributed by atoms with Crippen molar-refractivity contribution in [2.45, 2.75) is 32.4 Å². The highest BCUT2D eigenvalue weighted by Crippen LogP contribution is 2.29. The van der Waals surface area contributed by atoms with Gasteiger partial charge < -0.3 is 16.2 Å². The lowest BCUT2D eigenvalue weighted by Gasteiger charge is -2.23. The molecule has 0 unspecified atom stereocenters. The lowest BCUT2D eigenvalue weighted by Crippen LogP contribution is -2.33. The molecule has 1 aromatic carbocycles. The lowest BCUT2D eigenvalue weighted by molar-refractivity contribution is 0.103. The van der Waals surface area contributed by atoms with Crippen LogP contribution >= 0.6 is 11.6 Å². The monoisotopic (exact) mass is 365 g/mol. The molecular formula is C18H21ClFN3O2. The molecule has 25 heavy (non-hydrogen) atoms. The van der Waals surface area contributed by atoms with Gasteiger partial charge in [0, 0.05) is 29.4 Å². The smallest absolute Gasteiger partial charge is 0.199 e. The first kappa shape index (κ1) is 19.3. The third kappa shape index (κ3) is 4.34. The number of benzene rings is 1. The van der Waals surface area contributed by atoms with Crippen LogP contribution < -0.4 is 11.1 Å². The Kier molecular flexibility index (Phi) is 6.47. The number of rotatable bonds is 7. The molecule has 0 fully saturated rings. The van der Waals surface area contributed by atoms with Crippen molar-refractivity contribution < 1.29 is 14.3 Å². The van der Waals surface area contributed by atoms with Crippen molar-refractivity contribution in [3.05, 3.63) is 58.0 Å². The number of nitrogen functional groups attached to an aromatic ring is 1. The normalized spacial score (nSPS) is 13.5. The molecule has 0 saturated heterocycles. The number of ketones is 1. The Morgan fingerprint density at radius 3 is 2.68 bits per heavy atom. The summed E-state index contributed by atoms with van der Waals surface area (Å²) in [5, 5.41) is 12.4. The second-order valence-electron chi connectivity index (χ2n) is 5.84. The first-order chi connectivity index (χ1) is 11.9. The van der Waals surface area contributed by atoms with Crippen LogP contribution in [-0.4, -0.2) is 28.5 Å². The lowest BCUT2D eigenvalue weighted by atomic mass is 9.96. The molecule has 0 aliphatic heterocycles. The van der Waals surface area contributed by atoms with Gasteiger partial charge in [-0.2, -0.15) is 0 Å². The summed E-state index contributed by atoms with van der Waals surface area (Å²) >= 11 is 6.09. The van der Waals surface area contributed by atoms with Gasteiger partial charge in [-0.1, -0.05) is 24.6 Å². The number of nitrogens with two attached hydrogens (primary N) is 1. The van der Waals surface area contributed by atoms with E-state index in [0.29, 0.717) is 12.0 Å². The molecular weight excluding hydrogens is 345 g/mol. The Morgan fingerprint density at radius 2 is 2.12 bits per heavy atom. The molecule has 2 aromatic rings. The van der Waals surface area contributed by atoms with Gasteiger partial charge in [0.1, 0.15) is 11.6 Å². The summed E-state index contributed by atoms with van der Waals surface area (Å²) < 4.78 is 15.1. The molecule has 1 heterocycles. The SMILES string of the molecule is CC[C@H](N[C@@H](C)CO)c1ccc(Cl)c(C(=O)c2ccc(N)nc2)c1F. The fourth-order valence-electron chi connectivity index (χ4n) is 2.55. The molecule has 0 saturated carbocycles. The van der Waals surface area contributed by atoms with Crippen LogP contribution in [-0.2, 0) is 0 Å². The minimum absolute atomic E-state index is 0.0353. The van der Waals surface area contributed by atoms with E-state index in [0.717, 1.165) is 0 Å². The molecule has 0 spiro atoms. The molecule has 1 aromatic heterocycles. The predicted octanol–water partition coefficient (Wildman–Crippen LogP) is 3.11. The molecule has 4 N–H and O–H groups in total. The summed E-state index contributed by atoms with van der Waals surface area (Å²) in [7, 11) is 0. The topological polar surface area (TPSA) is 88.2 Å². The van der Waals surface area contributed by atoms with Crippen molar-refractivity contribution >= 4 is 23.2 Å². The highest BCUT2D eigenvalue weighted by molar-refractivity contribution is 6.35. The average Bonchev–Trinajstić information content (AvgIpc) is 2.60. The third-order valence-electron chi connectivity index (χ3n) is 3.94. The number of nitrogens with one attached hydrogen (secondary N) is 1. The van der Waals surface area contributed by atoms with E-state index in [1.165, 1.54) is 24.4 Å². The number of pyridine rings is 1. The van der Waals surface area contributed by atoms with Crippen LogP contribution in [0.5, 0.6) is 0 Å². The standard InChI is InChI=1S/C18H21ClFN3O2/c1-3-14(23-10(2)9-24)12-5-6-13(19)16(17(12)20)18(25)11-4-7-15(21)22-8-11/h4-8,10,14,23-24H,3,9H2,1-2H3,(H2,21,22)/t10-,14-/m0/s1. The van der Waals surface area contributed by atoms with Gasteiger partial charge in [0.2, 0.25) is 0 Å². The molecule has 2 rings (SSSR count). The minimum Gasteiger partial charge on any atom is -0.395 e. The number of aromatic nitrogens is 1. The highest BCUT2D eigenvalue weighted by Gasteiger charge is 2.24.